The molecule has 0 unspecified atom stereocenters. The van der Waals surface area contributed by atoms with Gasteiger partial charge in [0.2, 0.25) is 6.79 Å². The first-order valence-electron chi connectivity index (χ1n) is 6.55. The van der Waals surface area contributed by atoms with Crippen molar-refractivity contribution in [2.75, 3.05) is 6.79 Å². The van der Waals surface area contributed by atoms with Crippen molar-refractivity contribution in [1.82, 2.24) is 0 Å². The van der Waals surface area contributed by atoms with E-state index in [0.717, 1.165) is 0 Å². The zero-order chi connectivity index (χ0) is 14.4. The monoisotopic (exact) mass is 281 g/mol. The van der Waals surface area contributed by atoms with Crippen LogP contribution in [0.15, 0.2) is 41.4 Å². The van der Waals surface area contributed by atoms with Crippen molar-refractivity contribution in [3.8, 4) is 17.2 Å². The molecule has 104 valence electrons. The fourth-order valence-electron chi connectivity index (χ4n) is 2.55. The normalized spacial score (nSPS) is 15.6. The lowest BCUT2D eigenvalue weighted by Crippen LogP contribution is -2.14. The number of ether oxygens (including phenoxy) is 2. The molecule has 0 amide bonds. The van der Waals surface area contributed by atoms with Crippen LogP contribution in [0.3, 0.4) is 0 Å². The zero-order valence-corrected chi connectivity index (χ0v) is 11.0. The summed E-state index contributed by atoms with van der Waals surface area (Å²) in [6.45, 7) is 0.155. The molecule has 0 atom stereocenters. The summed E-state index contributed by atoms with van der Waals surface area (Å²) in [6, 6.07) is 10.2. The Bertz CT molecular complexity index is 795. The summed E-state index contributed by atoms with van der Waals surface area (Å²) in [6.07, 6.45) is 0.157. The Morgan fingerprint density at radius 2 is 1.81 bits per heavy atom. The van der Waals surface area contributed by atoms with Crippen LogP contribution in [0.2, 0.25) is 0 Å². The summed E-state index contributed by atoms with van der Waals surface area (Å²) in [5, 5.41) is 9.92. The SMILES string of the molecule is O=C1CC(c2ccccc2O)=Nc2cc3c(cc21)OCO3. The molecule has 0 aliphatic carbocycles. The van der Waals surface area contributed by atoms with Gasteiger partial charge in [-0.3, -0.25) is 9.79 Å². The number of phenols is 1. The molecule has 21 heavy (non-hydrogen) atoms. The summed E-state index contributed by atoms with van der Waals surface area (Å²) >= 11 is 0. The number of carbonyl (C=O) groups excluding carboxylic acids is 1. The molecule has 2 heterocycles. The molecule has 0 fully saturated rings. The number of hydrogen-bond donors (Lipinski definition) is 1. The van der Waals surface area contributed by atoms with Crippen LogP contribution in [0, 0.1) is 0 Å². The third-order valence-electron chi connectivity index (χ3n) is 3.59. The average molecular weight is 281 g/mol. The van der Waals surface area contributed by atoms with Gasteiger partial charge in [-0.2, -0.15) is 0 Å². The summed E-state index contributed by atoms with van der Waals surface area (Å²) < 4.78 is 10.6. The van der Waals surface area contributed by atoms with Gasteiger partial charge in [0.05, 0.1) is 17.8 Å². The molecule has 2 aliphatic rings. The zero-order valence-electron chi connectivity index (χ0n) is 11.0. The van der Waals surface area contributed by atoms with Gasteiger partial charge in [-0.15, -0.1) is 0 Å². The summed E-state index contributed by atoms with van der Waals surface area (Å²) in [4.78, 5) is 16.8. The van der Waals surface area contributed by atoms with Crippen LogP contribution in [0.4, 0.5) is 5.69 Å². The second-order valence-electron chi connectivity index (χ2n) is 4.90. The first kappa shape index (κ1) is 12.0. The van der Waals surface area contributed by atoms with Crippen molar-refractivity contribution >= 4 is 17.2 Å². The number of ketones is 1. The molecule has 2 aliphatic heterocycles. The van der Waals surface area contributed by atoms with Gasteiger partial charge in [0, 0.05) is 17.2 Å². The predicted octanol–water partition coefficient (Wildman–Crippen LogP) is 2.83. The third kappa shape index (κ3) is 1.86. The lowest BCUT2D eigenvalue weighted by atomic mass is 9.95. The van der Waals surface area contributed by atoms with E-state index >= 15 is 0 Å². The van der Waals surface area contributed by atoms with Gasteiger partial charge in [0.15, 0.2) is 17.3 Å². The number of fused-ring (bicyclic) bond motifs is 2. The number of phenolic OH excluding ortho intramolecular Hbond substituents is 1. The van der Waals surface area contributed by atoms with Gasteiger partial charge in [-0.1, -0.05) is 12.1 Å². The second kappa shape index (κ2) is 4.34. The number of hydrogen-bond acceptors (Lipinski definition) is 5. The van der Waals surface area contributed by atoms with Crippen molar-refractivity contribution in [2.45, 2.75) is 6.42 Å². The Kier molecular flexibility index (Phi) is 2.47. The molecule has 0 spiro atoms. The number of benzene rings is 2. The van der Waals surface area contributed by atoms with E-state index in [9.17, 15) is 9.90 Å². The summed E-state index contributed by atoms with van der Waals surface area (Å²) in [7, 11) is 0. The highest BCUT2D eigenvalue weighted by atomic mass is 16.7. The predicted molar refractivity (Wildman–Crippen MR) is 75.8 cm³/mol. The van der Waals surface area contributed by atoms with Gasteiger partial charge in [0.25, 0.3) is 0 Å². The number of para-hydroxylation sites is 1. The second-order valence-corrected chi connectivity index (χ2v) is 4.90. The lowest BCUT2D eigenvalue weighted by Gasteiger charge is -2.16. The van der Waals surface area contributed by atoms with Gasteiger partial charge in [-0.25, -0.2) is 0 Å². The van der Waals surface area contributed by atoms with E-state index in [4.69, 9.17) is 9.47 Å². The van der Waals surface area contributed by atoms with Gasteiger partial charge < -0.3 is 14.6 Å². The van der Waals surface area contributed by atoms with Crippen LogP contribution in [0.25, 0.3) is 0 Å². The molecule has 0 saturated carbocycles. The smallest absolute Gasteiger partial charge is 0.231 e. The first-order chi connectivity index (χ1) is 10.2. The number of carbonyl (C=O) groups is 1. The van der Waals surface area contributed by atoms with E-state index in [1.807, 2.05) is 0 Å². The highest BCUT2D eigenvalue weighted by molar-refractivity contribution is 6.21. The first-order valence-corrected chi connectivity index (χ1v) is 6.55. The molecular formula is C16H11NO4. The van der Waals surface area contributed by atoms with E-state index in [0.29, 0.717) is 34.0 Å². The molecule has 0 saturated heterocycles. The van der Waals surface area contributed by atoms with E-state index < -0.39 is 0 Å². The maximum atomic E-state index is 12.3. The standard InChI is InChI=1S/C16H11NO4/c18-13-4-2-1-3-9(13)11-6-14(19)10-5-15-16(21-8-20-15)7-12(10)17-11/h1-5,7,18H,6,8H2. The fraction of sp³-hybridized carbons (Fsp3) is 0.125. The molecular weight excluding hydrogens is 270 g/mol. The minimum absolute atomic E-state index is 0.0449. The van der Waals surface area contributed by atoms with Gasteiger partial charge >= 0.3 is 0 Å². The molecule has 1 N–H and O–H groups in total. The van der Waals surface area contributed by atoms with Crippen LogP contribution in [0.1, 0.15) is 22.3 Å². The van der Waals surface area contributed by atoms with Crippen molar-refractivity contribution in [3.63, 3.8) is 0 Å². The minimum Gasteiger partial charge on any atom is -0.507 e. The Morgan fingerprint density at radius 1 is 1.05 bits per heavy atom. The summed E-state index contributed by atoms with van der Waals surface area (Å²) in [5.41, 5.74) is 2.21. The quantitative estimate of drug-likeness (QED) is 0.872. The molecule has 0 aromatic heterocycles. The molecule has 0 bridgehead atoms. The van der Waals surface area contributed by atoms with Gasteiger partial charge in [-0.05, 0) is 18.2 Å². The molecule has 0 radical (unpaired) electrons. The average Bonchev–Trinajstić information content (AvgIpc) is 2.93. The Morgan fingerprint density at radius 3 is 2.62 bits per heavy atom. The highest BCUT2D eigenvalue weighted by Crippen LogP contribution is 2.41. The Hall–Kier alpha value is -2.82. The van der Waals surface area contributed by atoms with E-state index in [-0.39, 0.29) is 24.7 Å². The minimum atomic E-state index is -0.0449. The summed E-state index contributed by atoms with van der Waals surface area (Å²) in [5.74, 6) is 1.23. The number of rotatable bonds is 1. The molecule has 5 heteroatoms. The molecule has 4 rings (SSSR count). The van der Waals surface area contributed by atoms with Crippen LogP contribution in [-0.4, -0.2) is 23.4 Å². The number of aromatic hydroxyl groups is 1. The van der Waals surface area contributed by atoms with Crippen molar-refractivity contribution < 1.29 is 19.4 Å². The maximum Gasteiger partial charge on any atom is 0.231 e. The van der Waals surface area contributed by atoms with Crippen LogP contribution < -0.4 is 9.47 Å². The van der Waals surface area contributed by atoms with Crippen LogP contribution in [-0.2, 0) is 0 Å². The van der Waals surface area contributed by atoms with E-state index in [1.54, 1.807) is 36.4 Å². The largest absolute Gasteiger partial charge is 0.507 e. The van der Waals surface area contributed by atoms with E-state index in [2.05, 4.69) is 4.99 Å². The van der Waals surface area contributed by atoms with Gasteiger partial charge in [0.1, 0.15) is 5.75 Å². The van der Waals surface area contributed by atoms with E-state index in [1.165, 1.54) is 0 Å². The molecule has 2 aromatic carbocycles. The third-order valence-corrected chi connectivity index (χ3v) is 3.59. The Balaban J connectivity index is 1.87. The van der Waals surface area contributed by atoms with Crippen LogP contribution >= 0.6 is 0 Å². The maximum absolute atomic E-state index is 12.3. The number of Topliss-reactive ketones (excluding diaryl/α,β-unsaturated/α-hetero) is 1. The Labute approximate surface area is 120 Å². The van der Waals surface area contributed by atoms with Crippen molar-refractivity contribution in [1.29, 1.82) is 0 Å². The molecule has 2 aromatic rings. The fourth-order valence-corrected chi connectivity index (χ4v) is 2.55. The van der Waals surface area contributed by atoms with Crippen molar-refractivity contribution in [3.05, 3.63) is 47.5 Å². The van der Waals surface area contributed by atoms with Crippen molar-refractivity contribution in [2.24, 2.45) is 4.99 Å². The number of nitrogens with zero attached hydrogens (tertiary/aromatic N) is 1. The number of aliphatic imine (C=N–C) groups is 1. The molecule has 5 nitrogen and oxygen atoms in total. The lowest BCUT2D eigenvalue weighted by molar-refractivity contribution is 0.0999. The topological polar surface area (TPSA) is 68.1 Å². The highest BCUT2D eigenvalue weighted by Gasteiger charge is 2.26. The van der Waals surface area contributed by atoms with Crippen LogP contribution in [0.5, 0.6) is 17.2 Å².